The average molecular weight is 278 g/mol. The topological polar surface area (TPSA) is 61.3 Å². The van der Waals surface area contributed by atoms with Crippen LogP contribution >= 0.6 is 0 Å². The Hall–Kier alpha value is -1.36. The molecule has 2 N–H and O–H groups in total. The molecular weight excluding hydrogens is 252 g/mol. The molecule has 1 saturated carbocycles. The van der Waals surface area contributed by atoms with Gasteiger partial charge in [-0.3, -0.25) is 0 Å². The molecule has 1 aromatic rings. The van der Waals surface area contributed by atoms with Crippen molar-refractivity contribution in [3.63, 3.8) is 0 Å². The van der Waals surface area contributed by atoms with E-state index in [2.05, 4.69) is 36.1 Å². The van der Waals surface area contributed by atoms with E-state index in [1.54, 1.807) is 0 Å². The maximum atomic E-state index is 9.40. The summed E-state index contributed by atoms with van der Waals surface area (Å²) in [6, 6.07) is 0. The van der Waals surface area contributed by atoms with Gasteiger partial charge in [0.05, 0.1) is 6.10 Å². The molecule has 0 saturated heterocycles. The Bertz CT molecular complexity index is 457. The number of nitrogens with zero attached hydrogens (tertiary/aromatic N) is 3. The summed E-state index contributed by atoms with van der Waals surface area (Å²) in [6.07, 6.45) is 3.68. The standard InChI is InChI=1S/C15H26N4O/c1-5-6-13-17-14(16-3)10(2)15(18-13)19(4)9-11-7-12(20)8-11/h11-12,20H,5-9H2,1-4H3,(H,16,17,18). The lowest BCUT2D eigenvalue weighted by atomic mass is 9.82. The molecule has 5 heteroatoms. The summed E-state index contributed by atoms with van der Waals surface area (Å²) in [6.45, 7) is 5.15. The number of aromatic nitrogens is 2. The first-order valence-electron chi connectivity index (χ1n) is 7.49. The van der Waals surface area contributed by atoms with Crippen LogP contribution in [0.4, 0.5) is 11.6 Å². The minimum atomic E-state index is -0.0941. The molecule has 0 spiro atoms. The van der Waals surface area contributed by atoms with Crippen LogP contribution in [0.3, 0.4) is 0 Å². The van der Waals surface area contributed by atoms with E-state index in [0.29, 0.717) is 5.92 Å². The zero-order valence-corrected chi connectivity index (χ0v) is 13.0. The predicted molar refractivity (Wildman–Crippen MR) is 82.3 cm³/mol. The number of nitrogens with one attached hydrogen (secondary N) is 1. The van der Waals surface area contributed by atoms with E-state index in [0.717, 1.165) is 55.3 Å². The van der Waals surface area contributed by atoms with Crippen molar-refractivity contribution in [2.45, 2.75) is 45.6 Å². The molecule has 0 amide bonds. The molecule has 112 valence electrons. The summed E-state index contributed by atoms with van der Waals surface area (Å²) in [5, 5.41) is 12.6. The Labute approximate surface area is 121 Å². The minimum absolute atomic E-state index is 0.0941. The van der Waals surface area contributed by atoms with Gasteiger partial charge in [-0.25, -0.2) is 9.97 Å². The Morgan fingerprint density at radius 1 is 1.35 bits per heavy atom. The van der Waals surface area contributed by atoms with E-state index < -0.39 is 0 Å². The summed E-state index contributed by atoms with van der Waals surface area (Å²) < 4.78 is 0. The van der Waals surface area contributed by atoms with Gasteiger partial charge in [0.25, 0.3) is 0 Å². The van der Waals surface area contributed by atoms with Crippen LogP contribution in [0.1, 0.15) is 37.6 Å². The molecule has 0 atom stereocenters. The number of hydrogen-bond donors (Lipinski definition) is 2. The van der Waals surface area contributed by atoms with Crippen molar-refractivity contribution in [2.24, 2.45) is 5.92 Å². The van der Waals surface area contributed by atoms with Crippen LogP contribution in [0.5, 0.6) is 0 Å². The van der Waals surface area contributed by atoms with Crippen LogP contribution < -0.4 is 10.2 Å². The van der Waals surface area contributed by atoms with Crippen molar-refractivity contribution in [3.8, 4) is 0 Å². The number of anilines is 2. The van der Waals surface area contributed by atoms with Gasteiger partial charge in [-0.1, -0.05) is 6.92 Å². The van der Waals surface area contributed by atoms with Gasteiger partial charge in [0.15, 0.2) is 0 Å². The molecule has 1 aromatic heterocycles. The number of aryl methyl sites for hydroxylation is 1. The molecule has 0 bridgehead atoms. The third-order valence-corrected chi connectivity index (χ3v) is 3.98. The summed E-state index contributed by atoms with van der Waals surface area (Å²) in [5.74, 6) is 3.41. The lowest BCUT2D eigenvalue weighted by molar-refractivity contribution is 0.0464. The molecule has 0 radical (unpaired) electrons. The summed E-state index contributed by atoms with van der Waals surface area (Å²) in [4.78, 5) is 11.5. The normalized spacial score (nSPS) is 21.4. The van der Waals surface area contributed by atoms with Gasteiger partial charge in [-0.05, 0) is 32.1 Å². The van der Waals surface area contributed by atoms with E-state index >= 15 is 0 Å². The fourth-order valence-electron chi connectivity index (χ4n) is 2.82. The fourth-order valence-corrected chi connectivity index (χ4v) is 2.82. The van der Waals surface area contributed by atoms with Gasteiger partial charge in [0.2, 0.25) is 0 Å². The zero-order chi connectivity index (χ0) is 14.7. The molecule has 20 heavy (non-hydrogen) atoms. The van der Waals surface area contributed by atoms with E-state index in [1.807, 2.05) is 7.05 Å². The number of aliphatic hydroxyl groups excluding tert-OH is 1. The number of rotatable bonds is 6. The molecule has 1 aliphatic rings. The molecule has 1 fully saturated rings. The highest BCUT2D eigenvalue weighted by Gasteiger charge is 2.28. The largest absolute Gasteiger partial charge is 0.393 e. The van der Waals surface area contributed by atoms with Gasteiger partial charge < -0.3 is 15.3 Å². The highest BCUT2D eigenvalue weighted by Crippen LogP contribution is 2.30. The molecule has 1 heterocycles. The Morgan fingerprint density at radius 3 is 2.60 bits per heavy atom. The van der Waals surface area contributed by atoms with Crippen LogP contribution in [0, 0.1) is 12.8 Å². The Morgan fingerprint density at radius 2 is 2.05 bits per heavy atom. The Kier molecular flexibility index (Phi) is 4.81. The van der Waals surface area contributed by atoms with Gasteiger partial charge in [0.1, 0.15) is 17.5 Å². The third-order valence-electron chi connectivity index (χ3n) is 3.98. The van der Waals surface area contributed by atoms with Crippen LogP contribution in [-0.2, 0) is 6.42 Å². The minimum Gasteiger partial charge on any atom is -0.393 e. The summed E-state index contributed by atoms with van der Waals surface area (Å²) in [7, 11) is 3.98. The molecule has 1 aliphatic carbocycles. The lowest BCUT2D eigenvalue weighted by Gasteiger charge is -2.35. The zero-order valence-electron chi connectivity index (χ0n) is 13.0. The van der Waals surface area contributed by atoms with Gasteiger partial charge in [-0.15, -0.1) is 0 Å². The van der Waals surface area contributed by atoms with E-state index in [-0.39, 0.29) is 6.10 Å². The number of hydrogen-bond acceptors (Lipinski definition) is 5. The monoisotopic (exact) mass is 278 g/mol. The molecule has 0 aromatic carbocycles. The Balaban J connectivity index is 2.17. The van der Waals surface area contributed by atoms with E-state index in [1.165, 1.54) is 0 Å². The second-order valence-electron chi connectivity index (χ2n) is 5.81. The molecule has 0 unspecified atom stereocenters. The fraction of sp³-hybridized carbons (Fsp3) is 0.733. The van der Waals surface area contributed by atoms with Crippen LogP contribution in [0.15, 0.2) is 0 Å². The summed E-state index contributed by atoms with van der Waals surface area (Å²) >= 11 is 0. The van der Waals surface area contributed by atoms with Crippen molar-refractivity contribution in [1.29, 1.82) is 0 Å². The first-order valence-corrected chi connectivity index (χ1v) is 7.49. The highest BCUT2D eigenvalue weighted by molar-refractivity contribution is 5.58. The van der Waals surface area contributed by atoms with Crippen molar-refractivity contribution in [3.05, 3.63) is 11.4 Å². The van der Waals surface area contributed by atoms with Crippen LogP contribution in [-0.4, -0.2) is 41.8 Å². The van der Waals surface area contributed by atoms with Crippen molar-refractivity contribution in [1.82, 2.24) is 9.97 Å². The highest BCUT2D eigenvalue weighted by atomic mass is 16.3. The first kappa shape index (κ1) is 15.0. The maximum absolute atomic E-state index is 9.40. The van der Waals surface area contributed by atoms with E-state index in [4.69, 9.17) is 4.98 Å². The summed E-state index contributed by atoms with van der Waals surface area (Å²) in [5.41, 5.74) is 1.09. The van der Waals surface area contributed by atoms with E-state index in [9.17, 15) is 5.11 Å². The molecular formula is C15H26N4O. The molecule has 2 rings (SSSR count). The number of aliphatic hydroxyl groups is 1. The predicted octanol–water partition coefficient (Wildman–Crippen LogP) is 1.99. The SMILES string of the molecule is CCCc1nc(NC)c(C)c(N(C)CC2CC(O)C2)n1. The molecule has 0 aliphatic heterocycles. The maximum Gasteiger partial charge on any atom is 0.137 e. The van der Waals surface area contributed by atoms with Crippen LogP contribution in [0.2, 0.25) is 0 Å². The van der Waals surface area contributed by atoms with Crippen molar-refractivity contribution in [2.75, 3.05) is 30.9 Å². The second kappa shape index (κ2) is 6.39. The van der Waals surface area contributed by atoms with Gasteiger partial charge >= 0.3 is 0 Å². The second-order valence-corrected chi connectivity index (χ2v) is 5.81. The smallest absolute Gasteiger partial charge is 0.137 e. The van der Waals surface area contributed by atoms with Crippen molar-refractivity contribution < 1.29 is 5.11 Å². The van der Waals surface area contributed by atoms with Gasteiger partial charge in [-0.2, -0.15) is 0 Å². The quantitative estimate of drug-likeness (QED) is 0.833. The van der Waals surface area contributed by atoms with Gasteiger partial charge in [0, 0.05) is 32.6 Å². The third kappa shape index (κ3) is 3.20. The lowest BCUT2D eigenvalue weighted by Crippen LogP contribution is -2.37. The van der Waals surface area contributed by atoms with Crippen LogP contribution in [0.25, 0.3) is 0 Å². The van der Waals surface area contributed by atoms with Crippen molar-refractivity contribution >= 4 is 11.6 Å². The molecule has 5 nitrogen and oxygen atoms in total. The average Bonchev–Trinajstić information content (AvgIpc) is 2.39. The first-order chi connectivity index (χ1) is 9.55.